The molecule has 0 saturated heterocycles. The van der Waals surface area contributed by atoms with E-state index in [-0.39, 0.29) is 5.91 Å². The minimum Gasteiger partial charge on any atom is -0.326 e. The second kappa shape index (κ2) is 8.93. The summed E-state index contributed by atoms with van der Waals surface area (Å²) in [4.78, 5) is 19.0. The van der Waals surface area contributed by atoms with Gasteiger partial charge in [-0.2, -0.15) is 0 Å². The minimum atomic E-state index is -0.0284. The van der Waals surface area contributed by atoms with E-state index in [1.54, 1.807) is 0 Å². The molecule has 0 fully saturated rings. The van der Waals surface area contributed by atoms with Gasteiger partial charge in [0.2, 0.25) is 5.91 Å². The molecule has 0 spiro atoms. The van der Waals surface area contributed by atoms with Gasteiger partial charge >= 0.3 is 0 Å². The Morgan fingerprint density at radius 1 is 1.23 bits per heavy atom. The normalized spacial score (nSPS) is 11.1. The van der Waals surface area contributed by atoms with Crippen LogP contribution < -0.4 is 5.32 Å². The fourth-order valence-electron chi connectivity index (χ4n) is 1.86. The third-order valence-corrected chi connectivity index (χ3v) is 3.37. The predicted molar refractivity (Wildman–Crippen MR) is 91.0 cm³/mol. The van der Waals surface area contributed by atoms with Crippen molar-refractivity contribution in [2.75, 3.05) is 5.32 Å². The van der Waals surface area contributed by atoms with Crippen molar-refractivity contribution < 1.29 is 4.79 Å². The van der Waals surface area contributed by atoms with Gasteiger partial charge in [-0.25, -0.2) is 9.97 Å². The molecule has 1 N–H and O–H groups in total. The number of anilines is 1. The fraction of sp³-hybridized carbons (Fsp3) is 0.389. The number of hydrogen-bond acceptors (Lipinski definition) is 3. The number of rotatable bonds is 3. The molecule has 4 heteroatoms. The molecule has 0 bridgehead atoms. The zero-order valence-electron chi connectivity index (χ0n) is 14.1. The van der Waals surface area contributed by atoms with Crippen LogP contribution in [0.15, 0.2) is 36.5 Å². The van der Waals surface area contributed by atoms with Crippen molar-refractivity contribution in [1.82, 2.24) is 9.97 Å². The Kier molecular flexibility index (Phi) is 7.23. The lowest BCUT2D eigenvalue weighted by Gasteiger charge is -2.06. The Morgan fingerprint density at radius 2 is 1.91 bits per heavy atom. The molecular weight excluding hydrogens is 274 g/mol. The molecule has 1 amide bonds. The quantitative estimate of drug-likeness (QED) is 0.921. The highest BCUT2D eigenvalue weighted by Crippen LogP contribution is 2.14. The molecule has 0 aliphatic heterocycles. The van der Waals surface area contributed by atoms with Gasteiger partial charge in [0, 0.05) is 24.5 Å². The van der Waals surface area contributed by atoms with Gasteiger partial charge < -0.3 is 5.32 Å². The summed E-state index contributed by atoms with van der Waals surface area (Å²) in [5.41, 5.74) is 3.13. The maximum Gasteiger partial charge on any atom is 0.221 e. The van der Waals surface area contributed by atoms with Crippen molar-refractivity contribution in [3.8, 4) is 0 Å². The number of para-hydroxylation sites is 1. The molecule has 1 aromatic carbocycles. The van der Waals surface area contributed by atoms with Crippen molar-refractivity contribution >= 4 is 11.6 Å². The summed E-state index contributed by atoms with van der Waals surface area (Å²) >= 11 is 0. The van der Waals surface area contributed by atoms with Crippen LogP contribution in [0.2, 0.25) is 0 Å². The van der Waals surface area contributed by atoms with Gasteiger partial charge in [0.15, 0.2) is 0 Å². The Hall–Kier alpha value is -2.23. The first-order valence-electron chi connectivity index (χ1n) is 7.56. The Bertz CT molecular complexity index is 611. The largest absolute Gasteiger partial charge is 0.326 e. The maximum absolute atomic E-state index is 10.7. The molecule has 22 heavy (non-hydrogen) atoms. The van der Waals surface area contributed by atoms with Crippen LogP contribution in [-0.4, -0.2) is 15.9 Å². The van der Waals surface area contributed by atoms with E-state index >= 15 is 0 Å². The highest BCUT2D eigenvalue weighted by Gasteiger charge is 2.03. The number of carbonyl (C=O) groups excluding carboxylic acids is 1. The summed E-state index contributed by atoms with van der Waals surface area (Å²) in [6, 6.07) is 9.68. The molecule has 0 aliphatic carbocycles. The lowest BCUT2D eigenvalue weighted by atomic mass is 10.1. The van der Waals surface area contributed by atoms with Crippen molar-refractivity contribution in [2.45, 2.75) is 47.0 Å². The number of nitrogens with zero attached hydrogens (tertiary/aromatic N) is 2. The number of nitrogens with one attached hydrogen (secondary N) is 1. The third kappa shape index (κ3) is 6.04. The molecule has 2 aromatic rings. The van der Waals surface area contributed by atoms with Crippen LogP contribution in [-0.2, 0) is 4.79 Å². The second-order valence-corrected chi connectivity index (χ2v) is 5.33. The highest BCUT2D eigenvalue weighted by atomic mass is 16.1. The van der Waals surface area contributed by atoms with Crippen molar-refractivity contribution in [1.29, 1.82) is 0 Å². The molecule has 0 aliphatic rings. The van der Waals surface area contributed by atoms with Crippen LogP contribution in [0.1, 0.15) is 50.2 Å². The predicted octanol–water partition coefficient (Wildman–Crippen LogP) is 4.25. The summed E-state index contributed by atoms with van der Waals surface area (Å²) in [5, 5.41) is 2.73. The topological polar surface area (TPSA) is 54.9 Å². The average Bonchev–Trinajstić information content (AvgIpc) is 2.49. The van der Waals surface area contributed by atoms with Gasteiger partial charge in [-0.3, -0.25) is 4.79 Å². The molecule has 4 nitrogen and oxygen atoms in total. The summed E-state index contributed by atoms with van der Waals surface area (Å²) in [5.74, 6) is 1.39. The first-order valence-corrected chi connectivity index (χ1v) is 7.56. The first kappa shape index (κ1) is 17.8. The van der Waals surface area contributed by atoms with Crippen LogP contribution in [0.5, 0.6) is 0 Å². The van der Waals surface area contributed by atoms with Crippen molar-refractivity contribution in [3.63, 3.8) is 0 Å². The van der Waals surface area contributed by atoms with Gasteiger partial charge in [-0.05, 0) is 43.9 Å². The molecule has 1 atom stereocenters. The van der Waals surface area contributed by atoms with Gasteiger partial charge in [0.1, 0.15) is 5.82 Å². The van der Waals surface area contributed by atoms with Crippen molar-refractivity contribution in [2.24, 2.45) is 0 Å². The summed E-state index contributed by atoms with van der Waals surface area (Å²) < 4.78 is 0. The SMILES string of the molecule is CC(=O)Nc1ccccc1C.CCC(C)c1ccnc(C)n1. The number of hydrogen-bond donors (Lipinski definition) is 1. The number of carbonyl (C=O) groups is 1. The molecule has 1 aromatic heterocycles. The average molecular weight is 299 g/mol. The zero-order valence-corrected chi connectivity index (χ0v) is 14.1. The number of benzene rings is 1. The zero-order chi connectivity index (χ0) is 16.5. The lowest BCUT2D eigenvalue weighted by molar-refractivity contribution is -0.114. The van der Waals surface area contributed by atoms with E-state index in [1.165, 1.54) is 6.92 Å². The lowest BCUT2D eigenvalue weighted by Crippen LogP contribution is -2.06. The molecule has 2 rings (SSSR count). The second-order valence-electron chi connectivity index (χ2n) is 5.33. The maximum atomic E-state index is 10.7. The fourth-order valence-corrected chi connectivity index (χ4v) is 1.86. The standard InChI is InChI=1S/C9H14N2.C9H11NO/c1-4-7(2)9-5-6-10-8(3)11-9;1-7-5-3-4-6-9(7)10-8(2)11/h5-7H,4H2,1-3H3;3-6H,1-2H3,(H,10,11). The van der Waals surface area contributed by atoms with E-state index in [4.69, 9.17) is 0 Å². The minimum absolute atomic E-state index is 0.0284. The summed E-state index contributed by atoms with van der Waals surface area (Å²) in [7, 11) is 0. The van der Waals surface area contributed by atoms with Crippen LogP contribution in [0.25, 0.3) is 0 Å². The molecule has 1 heterocycles. The van der Waals surface area contributed by atoms with Crippen LogP contribution >= 0.6 is 0 Å². The molecule has 0 radical (unpaired) electrons. The van der Waals surface area contributed by atoms with Gasteiger partial charge in [-0.15, -0.1) is 0 Å². The molecule has 1 unspecified atom stereocenters. The van der Waals surface area contributed by atoms with Gasteiger partial charge in [-0.1, -0.05) is 32.0 Å². The van der Waals surface area contributed by atoms with E-state index in [2.05, 4.69) is 29.1 Å². The van der Waals surface area contributed by atoms with Crippen LogP contribution in [0.3, 0.4) is 0 Å². The number of amides is 1. The van der Waals surface area contributed by atoms with Gasteiger partial charge in [0.05, 0.1) is 0 Å². The smallest absolute Gasteiger partial charge is 0.221 e. The number of aromatic nitrogens is 2. The summed E-state index contributed by atoms with van der Waals surface area (Å²) in [6.45, 7) is 9.74. The summed E-state index contributed by atoms with van der Waals surface area (Å²) in [6.07, 6.45) is 2.96. The van der Waals surface area contributed by atoms with E-state index in [1.807, 2.05) is 50.4 Å². The van der Waals surface area contributed by atoms with E-state index < -0.39 is 0 Å². The van der Waals surface area contributed by atoms with Crippen LogP contribution in [0.4, 0.5) is 5.69 Å². The highest BCUT2D eigenvalue weighted by molar-refractivity contribution is 5.89. The first-order chi connectivity index (χ1) is 10.4. The Labute approximate surface area is 133 Å². The molecular formula is C18H25N3O. The number of aryl methyl sites for hydroxylation is 2. The van der Waals surface area contributed by atoms with Gasteiger partial charge in [0.25, 0.3) is 0 Å². The third-order valence-electron chi connectivity index (χ3n) is 3.37. The Balaban J connectivity index is 0.000000220. The van der Waals surface area contributed by atoms with Crippen molar-refractivity contribution in [3.05, 3.63) is 53.6 Å². The Morgan fingerprint density at radius 3 is 2.45 bits per heavy atom. The van der Waals surface area contributed by atoms with E-state index in [0.29, 0.717) is 5.92 Å². The van der Waals surface area contributed by atoms with E-state index in [0.717, 1.165) is 29.2 Å². The van der Waals surface area contributed by atoms with E-state index in [9.17, 15) is 4.79 Å². The van der Waals surface area contributed by atoms with Crippen LogP contribution in [0, 0.1) is 13.8 Å². The molecule has 118 valence electrons. The monoisotopic (exact) mass is 299 g/mol. The molecule has 0 saturated carbocycles.